The van der Waals surface area contributed by atoms with Crippen LogP contribution in [0.2, 0.25) is 0 Å². The zero-order valence-electron chi connectivity index (χ0n) is 8.94. The van der Waals surface area contributed by atoms with Crippen LogP contribution in [0.25, 0.3) is 0 Å². The third kappa shape index (κ3) is 3.78. The molecule has 0 fully saturated rings. The summed E-state index contributed by atoms with van der Waals surface area (Å²) in [6, 6.07) is 4.19. The molecular weight excluding hydrogens is 356 g/mol. The molecule has 0 aromatic heterocycles. The van der Waals surface area contributed by atoms with Crippen LogP contribution in [0.4, 0.5) is 11.4 Å². The largest absolute Gasteiger partial charge is 0.324 e. The Morgan fingerprint density at radius 2 is 2.24 bits per heavy atom. The number of carbonyl (C=O) groups is 1. The molecule has 1 unspecified atom stereocenters. The van der Waals surface area contributed by atoms with E-state index < -0.39 is 4.92 Å². The van der Waals surface area contributed by atoms with E-state index >= 15 is 0 Å². The van der Waals surface area contributed by atoms with E-state index in [1.54, 1.807) is 0 Å². The number of rotatable bonds is 4. The van der Waals surface area contributed by atoms with E-state index in [1.807, 2.05) is 6.92 Å². The van der Waals surface area contributed by atoms with Gasteiger partial charge in [-0.3, -0.25) is 14.9 Å². The number of non-ortho nitro benzene ring substituents is 1. The molecule has 1 aromatic rings. The molecule has 0 radical (unpaired) electrons. The summed E-state index contributed by atoms with van der Waals surface area (Å²) in [6.07, 6.45) is 0.663. The first-order chi connectivity index (χ1) is 7.95. The highest BCUT2D eigenvalue weighted by molar-refractivity contribution is 9.10. The number of amides is 1. The number of carbonyl (C=O) groups excluding carboxylic acids is 1. The van der Waals surface area contributed by atoms with Crippen molar-refractivity contribution in [1.29, 1.82) is 0 Å². The van der Waals surface area contributed by atoms with Gasteiger partial charge < -0.3 is 5.32 Å². The van der Waals surface area contributed by atoms with E-state index in [-0.39, 0.29) is 16.4 Å². The minimum atomic E-state index is -0.490. The van der Waals surface area contributed by atoms with Crippen LogP contribution in [0.3, 0.4) is 0 Å². The van der Waals surface area contributed by atoms with Gasteiger partial charge in [-0.05, 0) is 28.4 Å². The van der Waals surface area contributed by atoms with Gasteiger partial charge in [0.1, 0.15) is 0 Å². The number of nitro groups is 1. The summed E-state index contributed by atoms with van der Waals surface area (Å²) in [5.41, 5.74) is 0.485. The van der Waals surface area contributed by atoms with Gasteiger partial charge in [0.15, 0.2) is 0 Å². The van der Waals surface area contributed by atoms with Crippen molar-refractivity contribution in [2.75, 3.05) is 5.32 Å². The molecule has 0 spiro atoms. The molecule has 1 rings (SSSR count). The van der Waals surface area contributed by atoms with Crippen molar-refractivity contribution in [2.24, 2.45) is 0 Å². The highest BCUT2D eigenvalue weighted by Crippen LogP contribution is 2.27. The summed E-state index contributed by atoms with van der Waals surface area (Å²) in [5.74, 6) is -0.179. The quantitative estimate of drug-likeness (QED) is 0.504. The fourth-order valence-electron chi connectivity index (χ4n) is 1.12. The van der Waals surface area contributed by atoms with E-state index in [4.69, 9.17) is 0 Å². The summed E-state index contributed by atoms with van der Waals surface area (Å²) in [7, 11) is 0. The lowest BCUT2D eigenvalue weighted by molar-refractivity contribution is -0.384. The van der Waals surface area contributed by atoms with Crippen LogP contribution in [0.1, 0.15) is 13.3 Å². The molecule has 0 aliphatic carbocycles. The molecule has 92 valence electrons. The molecule has 1 atom stereocenters. The van der Waals surface area contributed by atoms with Gasteiger partial charge in [-0.25, -0.2) is 0 Å². The van der Waals surface area contributed by atoms with Crippen molar-refractivity contribution in [3.05, 3.63) is 32.8 Å². The third-order valence-electron chi connectivity index (χ3n) is 2.06. The standard InChI is InChI=1S/C10H10Br2N2O3/c1-2-7(11)10(15)13-9-4-3-6(14(16)17)5-8(9)12/h3-5,7H,2H2,1H3,(H,13,15). The van der Waals surface area contributed by atoms with Crippen molar-refractivity contribution in [3.8, 4) is 0 Å². The number of benzene rings is 1. The monoisotopic (exact) mass is 364 g/mol. The molecule has 5 nitrogen and oxygen atoms in total. The lowest BCUT2D eigenvalue weighted by Gasteiger charge is -2.10. The minimum Gasteiger partial charge on any atom is -0.324 e. The Morgan fingerprint density at radius 1 is 1.59 bits per heavy atom. The Bertz CT molecular complexity index is 451. The summed E-state index contributed by atoms with van der Waals surface area (Å²) in [4.78, 5) is 21.4. The molecule has 0 saturated carbocycles. The van der Waals surface area contributed by atoms with Gasteiger partial charge in [0.05, 0.1) is 15.4 Å². The van der Waals surface area contributed by atoms with Gasteiger partial charge >= 0.3 is 0 Å². The van der Waals surface area contributed by atoms with E-state index in [0.29, 0.717) is 16.6 Å². The second kappa shape index (κ2) is 6.11. The Hall–Kier alpha value is -0.950. The van der Waals surface area contributed by atoms with E-state index in [0.717, 1.165) is 0 Å². The molecule has 0 saturated heterocycles. The molecule has 0 aliphatic heterocycles. The predicted octanol–water partition coefficient (Wildman–Crippen LogP) is 3.47. The molecule has 0 heterocycles. The van der Waals surface area contributed by atoms with Crippen LogP contribution >= 0.6 is 31.9 Å². The Kier molecular flexibility index (Phi) is 5.07. The molecule has 7 heteroatoms. The SMILES string of the molecule is CCC(Br)C(=O)Nc1ccc([N+](=O)[O-])cc1Br. The van der Waals surface area contributed by atoms with E-state index in [2.05, 4.69) is 37.2 Å². The number of halogens is 2. The van der Waals surface area contributed by atoms with E-state index in [1.165, 1.54) is 18.2 Å². The Balaban J connectivity index is 2.86. The van der Waals surface area contributed by atoms with Crippen LogP contribution in [-0.4, -0.2) is 15.7 Å². The average Bonchev–Trinajstić information content (AvgIpc) is 2.30. The second-order valence-corrected chi connectivity index (χ2v) is 5.25. The van der Waals surface area contributed by atoms with Gasteiger partial charge in [0.25, 0.3) is 5.69 Å². The van der Waals surface area contributed by atoms with Crippen LogP contribution < -0.4 is 5.32 Å². The molecule has 1 aromatic carbocycles. The molecule has 1 N–H and O–H groups in total. The lowest BCUT2D eigenvalue weighted by Crippen LogP contribution is -2.22. The molecule has 1 amide bonds. The maximum absolute atomic E-state index is 11.6. The van der Waals surface area contributed by atoms with Crippen molar-refractivity contribution < 1.29 is 9.72 Å². The lowest BCUT2D eigenvalue weighted by atomic mass is 10.2. The second-order valence-electron chi connectivity index (χ2n) is 3.29. The number of alkyl halides is 1. The van der Waals surface area contributed by atoms with Gasteiger partial charge in [-0.1, -0.05) is 22.9 Å². The average molecular weight is 366 g/mol. The van der Waals surface area contributed by atoms with Crippen molar-refractivity contribution in [1.82, 2.24) is 0 Å². The highest BCUT2D eigenvalue weighted by atomic mass is 79.9. The normalized spacial score (nSPS) is 11.9. The van der Waals surface area contributed by atoms with Gasteiger partial charge in [0.2, 0.25) is 5.91 Å². The Morgan fingerprint density at radius 3 is 2.71 bits per heavy atom. The van der Waals surface area contributed by atoms with Gasteiger partial charge in [-0.15, -0.1) is 0 Å². The van der Waals surface area contributed by atoms with Crippen molar-refractivity contribution in [3.63, 3.8) is 0 Å². The molecule has 17 heavy (non-hydrogen) atoms. The third-order valence-corrected chi connectivity index (χ3v) is 3.78. The number of nitrogens with zero attached hydrogens (tertiary/aromatic N) is 1. The number of anilines is 1. The van der Waals surface area contributed by atoms with Crippen LogP contribution in [-0.2, 0) is 4.79 Å². The number of nitrogens with one attached hydrogen (secondary N) is 1. The van der Waals surface area contributed by atoms with Gasteiger partial charge in [0, 0.05) is 16.6 Å². The number of hydrogen-bond acceptors (Lipinski definition) is 3. The summed E-state index contributed by atoms with van der Waals surface area (Å²) in [5, 5.41) is 13.2. The van der Waals surface area contributed by atoms with Crippen LogP contribution in [0, 0.1) is 10.1 Å². The maximum atomic E-state index is 11.6. The fraction of sp³-hybridized carbons (Fsp3) is 0.300. The zero-order chi connectivity index (χ0) is 13.0. The van der Waals surface area contributed by atoms with Gasteiger partial charge in [-0.2, -0.15) is 0 Å². The fourth-order valence-corrected chi connectivity index (χ4v) is 1.70. The number of nitro benzene ring substituents is 1. The predicted molar refractivity (Wildman–Crippen MR) is 72.4 cm³/mol. The first-order valence-electron chi connectivity index (χ1n) is 4.84. The Labute approximate surface area is 115 Å². The smallest absolute Gasteiger partial charge is 0.270 e. The maximum Gasteiger partial charge on any atom is 0.270 e. The first-order valence-corrected chi connectivity index (χ1v) is 6.55. The molecular formula is C10H10Br2N2O3. The molecule has 0 aliphatic rings. The van der Waals surface area contributed by atoms with Crippen LogP contribution in [0.5, 0.6) is 0 Å². The highest BCUT2D eigenvalue weighted by Gasteiger charge is 2.15. The number of hydrogen-bond donors (Lipinski definition) is 1. The van der Waals surface area contributed by atoms with Crippen molar-refractivity contribution >= 4 is 49.1 Å². The summed E-state index contributed by atoms with van der Waals surface area (Å²) >= 11 is 6.41. The minimum absolute atomic E-state index is 0.0271. The summed E-state index contributed by atoms with van der Waals surface area (Å²) < 4.78 is 0.482. The topological polar surface area (TPSA) is 72.2 Å². The zero-order valence-corrected chi connectivity index (χ0v) is 12.1. The first kappa shape index (κ1) is 14.1. The van der Waals surface area contributed by atoms with Crippen molar-refractivity contribution in [2.45, 2.75) is 18.2 Å². The summed E-state index contributed by atoms with van der Waals surface area (Å²) in [6.45, 7) is 1.88. The van der Waals surface area contributed by atoms with Crippen LogP contribution in [0.15, 0.2) is 22.7 Å². The molecule has 0 bridgehead atoms. The van der Waals surface area contributed by atoms with E-state index in [9.17, 15) is 14.9 Å².